The van der Waals surface area contributed by atoms with E-state index in [1.165, 1.54) is 0 Å². The van der Waals surface area contributed by atoms with E-state index in [0.29, 0.717) is 19.5 Å². The van der Waals surface area contributed by atoms with Gasteiger partial charge in [-0.25, -0.2) is 0 Å². The minimum Gasteiger partial charge on any atom is -0.352 e. The minimum absolute atomic E-state index is 0. The highest BCUT2D eigenvalue weighted by Crippen LogP contribution is 2.17. The molecular weight excluding hydrogens is 330 g/mol. The van der Waals surface area contributed by atoms with Crippen molar-refractivity contribution in [1.29, 1.82) is 0 Å². The quantitative estimate of drug-likeness (QED) is 0.870. The maximum Gasteiger partial charge on any atom is 0.242 e. The molecule has 2 aromatic heterocycles. The Morgan fingerprint density at radius 3 is 2.67 bits per heavy atom. The molecule has 0 aromatic carbocycles. The average molecular weight is 354 g/mol. The molecule has 2 N–H and O–H groups in total. The van der Waals surface area contributed by atoms with Crippen LogP contribution < -0.4 is 10.6 Å². The van der Waals surface area contributed by atoms with Gasteiger partial charge in [0.15, 0.2) is 5.65 Å². The van der Waals surface area contributed by atoms with Crippen molar-refractivity contribution in [1.82, 2.24) is 24.7 Å². The first-order chi connectivity index (χ1) is 11.0. The van der Waals surface area contributed by atoms with Crippen LogP contribution >= 0.6 is 12.4 Å². The van der Waals surface area contributed by atoms with E-state index in [1.807, 2.05) is 30.9 Å². The lowest BCUT2D eigenvalue weighted by atomic mass is 9.95. The predicted octanol–water partition coefficient (Wildman–Crippen LogP) is 0.712. The first kappa shape index (κ1) is 18.4. The number of rotatable bonds is 4. The van der Waals surface area contributed by atoms with Crippen LogP contribution in [0.2, 0.25) is 0 Å². The van der Waals surface area contributed by atoms with Crippen LogP contribution in [0.15, 0.2) is 18.5 Å². The highest BCUT2D eigenvalue weighted by atomic mass is 35.5. The van der Waals surface area contributed by atoms with Crippen molar-refractivity contribution in [3.05, 3.63) is 18.5 Å². The molecule has 0 saturated carbocycles. The van der Waals surface area contributed by atoms with E-state index in [0.717, 1.165) is 31.0 Å². The molecule has 1 aliphatic heterocycles. The Balaban J connectivity index is 0.00000208. The van der Waals surface area contributed by atoms with E-state index < -0.39 is 5.54 Å². The van der Waals surface area contributed by atoms with E-state index >= 15 is 0 Å². The normalized spacial score (nSPS) is 17.5. The number of anilines is 1. The third-order valence-corrected chi connectivity index (χ3v) is 4.30. The molecule has 1 unspecified atom stereocenters. The molecule has 1 amide bonds. The molecule has 132 valence electrons. The molecule has 3 heterocycles. The molecule has 2 aromatic rings. The van der Waals surface area contributed by atoms with Gasteiger partial charge in [0, 0.05) is 26.2 Å². The fourth-order valence-corrected chi connectivity index (χ4v) is 3.01. The van der Waals surface area contributed by atoms with Gasteiger partial charge in [-0.3, -0.25) is 4.79 Å². The molecular formula is C15H24ClN7O. The summed E-state index contributed by atoms with van der Waals surface area (Å²) in [4.78, 5) is 16.6. The van der Waals surface area contributed by atoms with Crippen LogP contribution in [-0.4, -0.2) is 62.3 Å². The lowest BCUT2D eigenvalue weighted by Gasteiger charge is -2.38. The van der Waals surface area contributed by atoms with E-state index in [-0.39, 0.29) is 18.3 Å². The number of nitrogens with two attached hydrogens (primary N) is 1. The minimum atomic E-state index is -0.767. The summed E-state index contributed by atoms with van der Waals surface area (Å²) in [6.07, 6.45) is 3.20. The second-order valence-electron chi connectivity index (χ2n) is 6.27. The molecule has 0 radical (unpaired) electrons. The van der Waals surface area contributed by atoms with Crippen molar-refractivity contribution in [3.63, 3.8) is 0 Å². The van der Waals surface area contributed by atoms with Crippen LogP contribution in [0.1, 0.15) is 26.7 Å². The second kappa shape index (κ2) is 7.31. The van der Waals surface area contributed by atoms with Crippen molar-refractivity contribution in [2.24, 2.45) is 5.73 Å². The van der Waals surface area contributed by atoms with Gasteiger partial charge in [-0.15, -0.1) is 27.7 Å². The maximum atomic E-state index is 12.5. The number of amides is 1. The first-order valence-electron chi connectivity index (χ1n) is 8.01. The summed E-state index contributed by atoms with van der Waals surface area (Å²) >= 11 is 0. The van der Waals surface area contributed by atoms with Gasteiger partial charge in [0.1, 0.15) is 12.1 Å². The summed E-state index contributed by atoms with van der Waals surface area (Å²) in [7, 11) is 0. The van der Waals surface area contributed by atoms with Crippen molar-refractivity contribution < 1.29 is 4.79 Å². The zero-order valence-corrected chi connectivity index (χ0v) is 14.9. The third-order valence-electron chi connectivity index (χ3n) is 4.30. The van der Waals surface area contributed by atoms with Gasteiger partial charge >= 0.3 is 0 Å². The van der Waals surface area contributed by atoms with Crippen molar-refractivity contribution in [2.75, 3.05) is 31.1 Å². The van der Waals surface area contributed by atoms with Gasteiger partial charge in [0.05, 0.1) is 5.54 Å². The molecule has 1 fully saturated rings. The Bertz CT molecular complexity index is 694. The van der Waals surface area contributed by atoms with Gasteiger partial charge in [-0.05, 0) is 25.5 Å². The van der Waals surface area contributed by atoms with E-state index in [4.69, 9.17) is 5.73 Å². The molecule has 1 aliphatic rings. The predicted molar refractivity (Wildman–Crippen MR) is 94.3 cm³/mol. The van der Waals surface area contributed by atoms with E-state index in [9.17, 15) is 4.79 Å². The lowest BCUT2D eigenvalue weighted by molar-refractivity contribution is -0.137. The Labute approximate surface area is 147 Å². The molecule has 0 spiro atoms. The zero-order valence-electron chi connectivity index (χ0n) is 14.1. The van der Waals surface area contributed by atoms with Crippen molar-refractivity contribution in [2.45, 2.75) is 32.2 Å². The molecule has 8 nitrogen and oxygen atoms in total. The van der Waals surface area contributed by atoms with Crippen molar-refractivity contribution in [3.8, 4) is 0 Å². The van der Waals surface area contributed by atoms with Crippen LogP contribution in [0.25, 0.3) is 5.65 Å². The van der Waals surface area contributed by atoms with Crippen LogP contribution in [-0.2, 0) is 4.79 Å². The molecule has 1 atom stereocenters. The monoisotopic (exact) mass is 353 g/mol. The van der Waals surface area contributed by atoms with Gasteiger partial charge in [0.2, 0.25) is 5.91 Å². The van der Waals surface area contributed by atoms with E-state index in [2.05, 4.69) is 20.2 Å². The molecule has 24 heavy (non-hydrogen) atoms. The fourth-order valence-electron chi connectivity index (χ4n) is 3.01. The fraction of sp³-hybridized carbons (Fsp3) is 0.600. The number of hydrogen-bond acceptors (Lipinski definition) is 6. The Morgan fingerprint density at radius 2 is 2.00 bits per heavy atom. The second-order valence-corrected chi connectivity index (χ2v) is 6.27. The average Bonchev–Trinajstić information content (AvgIpc) is 3.02. The largest absolute Gasteiger partial charge is 0.352 e. The maximum absolute atomic E-state index is 12.5. The van der Waals surface area contributed by atoms with Crippen LogP contribution in [0.4, 0.5) is 5.82 Å². The number of aromatic nitrogens is 4. The number of nitrogens with zero attached hydrogens (tertiary/aromatic N) is 6. The number of carbonyl (C=O) groups excluding carboxylic acids is 1. The molecule has 0 bridgehead atoms. The number of carbonyl (C=O) groups is 1. The highest BCUT2D eigenvalue weighted by Gasteiger charge is 2.33. The van der Waals surface area contributed by atoms with Crippen molar-refractivity contribution >= 4 is 29.8 Å². The zero-order chi connectivity index (χ0) is 16.4. The summed E-state index contributed by atoms with van der Waals surface area (Å²) < 4.78 is 1.66. The number of piperazine rings is 1. The van der Waals surface area contributed by atoms with Crippen LogP contribution in [0, 0.1) is 0 Å². The molecule has 3 rings (SSSR count). The summed E-state index contributed by atoms with van der Waals surface area (Å²) in [5, 5.41) is 12.3. The van der Waals surface area contributed by atoms with Gasteiger partial charge < -0.3 is 15.5 Å². The third kappa shape index (κ3) is 3.59. The number of fused-ring (bicyclic) bond motifs is 1. The highest BCUT2D eigenvalue weighted by molar-refractivity contribution is 5.86. The Hall–Kier alpha value is -1.93. The molecule has 9 heteroatoms. The summed E-state index contributed by atoms with van der Waals surface area (Å²) in [5.41, 5.74) is 6.12. The summed E-state index contributed by atoms with van der Waals surface area (Å²) in [5.74, 6) is 0.912. The first-order valence-corrected chi connectivity index (χ1v) is 8.01. The number of halogens is 1. The molecule has 1 saturated heterocycles. The van der Waals surface area contributed by atoms with Gasteiger partial charge in [-0.1, -0.05) is 13.3 Å². The van der Waals surface area contributed by atoms with Gasteiger partial charge in [0.25, 0.3) is 0 Å². The SMILES string of the molecule is CCCC(C)(N)C(=O)N1CCN(c2ccc3nncn3n2)CC1.Cl. The standard InChI is InChI=1S/C15H23N7O.ClH/c1-3-6-15(2,16)14(23)21-9-7-20(8-10-21)13-5-4-12-18-17-11-22(12)19-13;/h4-5,11H,3,6-10,16H2,1-2H3;1H. The summed E-state index contributed by atoms with van der Waals surface area (Å²) in [6, 6.07) is 3.83. The topological polar surface area (TPSA) is 92.7 Å². The van der Waals surface area contributed by atoms with Crippen LogP contribution in [0.5, 0.6) is 0 Å². The Kier molecular flexibility index (Phi) is 5.61. The van der Waals surface area contributed by atoms with Crippen LogP contribution in [0.3, 0.4) is 0 Å². The van der Waals surface area contributed by atoms with Gasteiger partial charge in [-0.2, -0.15) is 4.52 Å². The Morgan fingerprint density at radius 1 is 1.29 bits per heavy atom. The number of hydrogen-bond donors (Lipinski definition) is 1. The molecule has 0 aliphatic carbocycles. The van der Waals surface area contributed by atoms with E-state index in [1.54, 1.807) is 10.8 Å². The summed E-state index contributed by atoms with van der Waals surface area (Å²) in [6.45, 7) is 6.69. The smallest absolute Gasteiger partial charge is 0.242 e. The lowest BCUT2D eigenvalue weighted by Crippen LogP contribution is -2.58.